The van der Waals surface area contributed by atoms with Gasteiger partial charge in [0.25, 0.3) is 12.3 Å². The Hall–Kier alpha value is -1.27. The van der Waals surface area contributed by atoms with Crippen molar-refractivity contribution >= 4 is 17.5 Å². The molecule has 0 aliphatic rings. The van der Waals surface area contributed by atoms with Crippen LogP contribution < -0.4 is 0 Å². The Morgan fingerprint density at radius 2 is 2.24 bits per heavy atom. The van der Waals surface area contributed by atoms with Gasteiger partial charge in [-0.05, 0) is 12.1 Å². The molecule has 7 heteroatoms. The molecule has 0 spiro atoms. The monoisotopic (exact) mass is 264 g/mol. The third kappa shape index (κ3) is 4.24. The van der Waals surface area contributed by atoms with Crippen LogP contribution in [0.2, 0.25) is 5.02 Å². The van der Waals surface area contributed by atoms with Gasteiger partial charge in [-0.15, -0.1) is 0 Å². The van der Waals surface area contributed by atoms with E-state index < -0.39 is 18.9 Å². The number of carbonyl (C=O) groups excluding carboxylic acids is 1. The fourth-order valence-electron chi connectivity index (χ4n) is 1.23. The van der Waals surface area contributed by atoms with Crippen LogP contribution >= 0.6 is 11.6 Å². The number of nitrogens with zero attached hydrogens (tertiary/aromatic N) is 2. The topological polar surface area (TPSA) is 53.4 Å². The molecule has 17 heavy (non-hydrogen) atoms. The summed E-state index contributed by atoms with van der Waals surface area (Å²) in [4.78, 5) is 16.3. The van der Waals surface area contributed by atoms with Crippen LogP contribution in [0.5, 0.6) is 0 Å². The standard InChI is InChI=1S/C10H11ClF2N2O2/c11-7-1-2-8(14-5-7)10(17)15(3-4-16)6-9(12)13/h1-2,5,9,16H,3-4,6H2. The number of aliphatic hydroxyl groups excluding tert-OH is 1. The number of carbonyl (C=O) groups is 1. The van der Waals surface area contributed by atoms with Gasteiger partial charge in [-0.1, -0.05) is 11.6 Å². The van der Waals surface area contributed by atoms with Crippen molar-refractivity contribution in [1.29, 1.82) is 0 Å². The van der Waals surface area contributed by atoms with Crippen molar-refractivity contribution in [3.63, 3.8) is 0 Å². The molecular weight excluding hydrogens is 254 g/mol. The Balaban J connectivity index is 2.79. The summed E-state index contributed by atoms with van der Waals surface area (Å²) in [5, 5.41) is 9.06. The van der Waals surface area contributed by atoms with Crippen molar-refractivity contribution in [2.45, 2.75) is 6.43 Å². The molecule has 0 unspecified atom stereocenters. The summed E-state index contributed by atoms with van der Waals surface area (Å²) in [6.45, 7) is -1.27. The van der Waals surface area contributed by atoms with Crippen molar-refractivity contribution in [2.24, 2.45) is 0 Å². The summed E-state index contributed by atoms with van der Waals surface area (Å²) in [7, 11) is 0. The smallest absolute Gasteiger partial charge is 0.272 e. The van der Waals surface area contributed by atoms with Gasteiger partial charge in [0.15, 0.2) is 0 Å². The Bertz CT molecular complexity index is 373. The van der Waals surface area contributed by atoms with Gasteiger partial charge in [0.1, 0.15) is 5.69 Å². The van der Waals surface area contributed by atoms with E-state index in [1.807, 2.05) is 0 Å². The molecule has 0 atom stereocenters. The van der Waals surface area contributed by atoms with Crippen LogP contribution in [0.15, 0.2) is 18.3 Å². The molecule has 1 aromatic heterocycles. The number of hydrogen-bond donors (Lipinski definition) is 1. The van der Waals surface area contributed by atoms with E-state index in [4.69, 9.17) is 16.7 Å². The maximum Gasteiger partial charge on any atom is 0.272 e. The van der Waals surface area contributed by atoms with Crippen molar-refractivity contribution < 1.29 is 18.7 Å². The second-order valence-electron chi connectivity index (χ2n) is 3.23. The maximum atomic E-state index is 12.2. The number of amides is 1. The number of pyridine rings is 1. The third-order valence-corrected chi connectivity index (χ3v) is 2.19. The van der Waals surface area contributed by atoms with Crippen LogP contribution in [0.25, 0.3) is 0 Å². The van der Waals surface area contributed by atoms with Crippen LogP contribution in [0, 0.1) is 0 Å². The van der Waals surface area contributed by atoms with Crippen LogP contribution in [-0.2, 0) is 0 Å². The van der Waals surface area contributed by atoms with Crippen molar-refractivity contribution in [3.05, 3.63) is 29.0 Å². The number of halogens is 3. The first-order valence-electron chi connectivity index (χ1n) is 4.84. The average Bonchev–Trinajstić information content (AvgIpc) is 2.28. The highest BCUT2D eigenvalue weighted by Crippen LogP contribution is 2.09. The quantitative estimate of drug-likeness (QED) is 0.875. The van der Waals surface area contributed by atoms with Crippen LogP contribution in [0.1, 0.15) is 10.5 Å². The van der Waals surface area contributed by atoms with Gasteiger partial charge in [-0.25, -0.2) is 13.8 Å². The lowest BCUT2D eigenvalue weighted by molar-refractivity contribution is 0.0504. The number of rotatable bonds is 5. The summed E-state index contributed by atoms with van der Waals surface area (Å²) in [5.74, 6) is -0.656. The minimum Gasteiger partial charge on any atom is -0.395 e. The van der Waals surface area contributed by atoms with E-state index in [0.29, 0.717) is 5.02 Å². The molecule has 0 aromatic carbocycles. The van der Waals surface area contributed by atoms with E-state index in [1.54, 1.807) is 0 Å². The minimum absolute atomic E-state index is 0.0171. The zero-order chi connectivity index (χ0) is 12.8. The predicted molar refractivity (Wildman–Crippen MR) is 58.2 cm³/mol. The highest BCUT2D eigenvalue weighted by Gasteiger charge is 2.20. The fourth-order valence-corrected chi connectivity index (χ4v) is 1.34. The normalized spacial score (nSPS) is 10.6. The van der Waals surface area contributed by atoms with Gasteiger partial charge in [0.05, 0.1) is 18.2 Å². The van der Waals surface area contributed by atoms with E-state index in [0.717, 1.165) is 4.90 Å². The molecule has 1 N–H and O–H groups in total. The van der Waals surface area contributed by atoms with Crippen LogP contribution in [-0.4, -0.2) is 47.0 Å². The average molecular weight is 265 g/mol. The number of aliphatic hydroxyl groups is 1. The Morgan fingerprint density at radius 3 is 2.71 bits per heavy atom. The van der Waals surface area contributed by atoms with Crippen molar-refractivity contribution in [1.82, 2.24) is 9.88 Å². The summed E-state index contributed by atoms with van der Waals surface area (Å²) in [5.41, 5.74) is 0.0171. The Morgan fingerprint density at radius 1 is 1.53 bits per heavy atom. The van der Waals surface area contributed by atoms with E-state index in [-0.39, 0.29) is 18.8 Å². The van der Waals surface area contributed by atoms with Crippen LogP contribution in [0.3, 0.4) is 0 Å². The van der Waals surface area contributed by atoms with E-state index in [9.17, 15) is 13.6 Å². The Labute approximate surface area is 102 Å². The molecule has 0 saturated carbocycles. The molecule has 0 fully saturated rings. The Kier molecular flexibility index (Phi) is 5.24. The SMILES string of the molecule is O=C(c1ccc(Cl)cn1)N(CCO)CC(F)F. The predicted octanol–water partition coefficient (Wildman–Crippen LogP) is 1.43. The molecule has 1 rings (SSSR count). The molecule has 1 heterocycles. The maximum absolute atomic E-state index is 12.2. The lowest BCUT2D eigenvalue weighted by Gasteiger charge is -2.20. The van der Waals surface area contributed by atoms with E-state index >= 15 is 0 Å². The van der Waals surface area contributed by atoms with Gasteiger partial charge in [0.2, 0.25) is 0 Å². The summed E-state index contributed by atoms with van der Waals surface area (Å²) in [6.07, 6.45) is -1.40. The van der Waals surface area contributed by atoms with Gasteiger partial charge in [0, 0.05) is 12.7 Å². The van der Waals surface area contributed by atoms with E-state index in [1.165, 1.54) is 18.3 Å². The molecule has 4 nitrogen and oxygen atoms in total. The highest BCUT2D eigenvalue weighted by molar-refractivity contribution is 6.30. The molecule has 94 valence electrons. The first-order chi connectivity index (χ1) is 8.04. The largest absolute Gasteiger partial charge is 0.395 e. The van der Waals surface area contributed by atoms with Crippen LogP contribution in [0.4, 0.5) is 8.78 Å². The molecule has 1 aromatic rings. The number of hydrogen-bond acceptors (Lipinski definition) is 3. The van der Waals surface area contributed by atoms with Crippen molar-refractivity contribution in [2.75, 3.05) is 19.7 Å². The lowest BCUT2D eigenvalue weighted by atomic mass is 10.3. The lowest BCUT2D eigenvalue weighted by Crippen LogP contribution is -2.37. The zero-order valence-corrected chi connectivity index (χ0v) is 9.57. The van der Waals surface area contributed by atoms with Gasteiger partial charge in [-0.3, -0.25) is 4.79 Å². The molecule has 0 aliphatic carbocycles. The first kappa shape index (κ1) is 13.8. The second kappa shape index (κ2) is 6.46. The first-order valence-corrected chi connectivity index (χ1v) is 5.22. The number of alkyl halides is 2. The van der Waals surface area contributed by atoms with Crippen molar-refractivity contribution in [3.8, 4) is 0 Å². The second-order valence-corrected chi connectivity index (χ2v) is 3.66. The van der Waals surface area contributed by atoms with E-state index in [2.05, 4.69) is 4.98 Å². The molecule has 0 aliphatic heterocycles. The third-order valence-electron chi connectivity index (χ3n) is 1.96. The van der Waals surface area contributed by atoms with Gasteiger partial charge < -0.3 is 10.0 Å². The highest BCUT2D eigenvalue weighted by atomic mass is 35.5. The molecule has 0 bridgehead atoms. The summed E-state index contributed by atoms with van der Waals surface area (Å²) >= 11 is 5.59. The van der Waals surface area contributed by atoms with Gasteiger partial charge in [-0.2, -0.15) is 0 Å². The fraction of sp³-hybridized carbons (Fsp3) is 0.400. The molecule has 0 saturated heterocycles. The molecule has 1 amide bonds. The summed E-state index contributed by atoms with van der Waals surface area (Å²) < 4.78 is 24.5. The molecule has 0 radical (unpaired) electrons. The zero-order valence-electron chi connectivity index (χ0n) is 8.81. The minimum atomic E-state index is -2.65. The van der Waals surface area contributed by atoms with Gasteiger partial charge >= 0.3 is 0 Å². The summed E-state index contributed by atoms with van der Waals surface area (Å²) in [6, 6.07) is 2.79. The molecular formula is C10H11ClF2N2O2. The number of aromatic nitrogens is 1.